The van der Waals surface area contributed by atoms with Gasteiger partial charge in [0.15, 0.2) is 0 Å². The molecule has 26 heavy (non-hydrogen) atoms. The molecule has 0 aliphatic rings. The topological polar surface area (TPSA) is 58.2 Å². The van der Waals surface area contributed by atoms with Crippen LogP contribution in [0.5, 0.6) is 0 Å². The fourth-order valence-electron chi connectivity index (χ4n) is 1.78. The van der Waals surface area contributed by atoms with Gasteiger partial charge in [-0.05, 0) is 47.5 Å². The number of hydrogen-bond acceptors (Lipinski definition) is 2. The van der Waals surface area contributed by atoms with Gasteiger partial charge in [0.25, 0.3) is 11.8 Å². The summed E-state index contributed by atoms with van der Waals surface area (Å²) in [4.78, 5) is 23.3. The highest BCUT2D eigenvalue weighted by Gasteiger charge is 2.01. The Hall–Kier alpha value is -2.34. The Morgan fingerprint density at radius 1 is 0.769 bits per heavy atom. The molecule has 2 aromatic carbocycles. The molecule has 2 amide bonds. The van der Waals surface area contributed by atoms with Crippen molar-refractivity contribution in [3.8, 4) is 0 Å². The van der Waals surface area contributed by atoms with E-state index >= 15 is 0 Å². The van der Waals surface area contributed by atoms with Crippen molar-refractivity contribution in [2.45, 2.75) is 0 Å². The first kappa shape index (κ1) is 20.0. The van der Waals surface area contributed by atoms with Crippen LogP contribution in [0.2, 0.25) is 15.1 Å². The van der Waals surface area contributed by atoms with Crippen molar-refractivity contribution in [2.75, 3.05) is 0 Å². The Labute approximate surface area is 164 Å². The third kappa shape index (κ3) is 6.19. The van der Waals surface area contributed by atoms with Crippen LogP contribution in [-0.2, 0) is 9.59 Å². The van der Waals surface area contributed by atoms with Crippen LogP contribution in [0.15, 0.2) is 48.6 Å². The van der Waals surface area contributed by atoms with E-state index in [-0.39, 0.29) is 5.02 Å². The number of benzene rings is 2. The van der Waals surface area contributed by atoms with Crippen LogP contribution < -0.4 is 10.9 Å². The Morgan fingerprint density at radius 3 is 1.77 bits per heavy atom. The normalized spacial score (nSPS) is 11.1. The predicted octanol–water partition coefficient (Wildman–Crippen LogP) is 4.66. The third-order valence-electron chi connectivity index (χ3n) is 3.05. The van der Waals surface area contributed by atoms with Gasteiger partial charge >= 0.3 is 0 Å². The summed E-state index contributed by atoms with van der Waals surface area (Å²) < 4.78 is 13.0. The summed E-state index contributed by atoms with van der Waals surface area (Å²) in [5, 5.41) is 0.733. The SMILES string of the molecule is O=C(/C=C/c1ccc(F)c(Cl)c1)NNC(=O)/C=C/c1ccc(Cl)c(Cl)c1. The van der Waals surface area contributed by atoms with Crippen LogP contribution in [-0.4, -0.2) is 11.8 Å². The quantitative estimate of drug-likeness (QED) is 0.566. The molecule has 0 atom stereocenters. The van der Waals surface area contributed by atoms with Crippen LogP contribution in [0.25, 0.3) is 12.2 Å². The van der Waals surface area contributed by atoms with E-state index in [4.69, 9.17) is 34.8 Å². The van der Waals surface area contributed by atoms with Crippen LogP contribution >= 0.6 is 34.8 Å². The maximum absolute atomic E-state index is 13.0. The zero-order valence-corrected chi connectivity index (χ0v) is 15.4. The van der Waals surface area contributed by atoms with Gasteiger partial charge in [-0.25, -0.2) is 4.39 Å². The highest BCUT2D eigenvalue weighted by Crippen LogP contribution is 2.23. The Morgan fingerprint density at radius 2 is 1.27 bits per heavy atom. The summed E-state index contributed by atoms with van der Waals surface area (Å²) in [5.41, 5.74) is 5.63. The first-order valence-corrected chi connectivity index (χ1v) is 8.35. The maximum atomic E-state index is 13.0. The monoisotopic (exact) mass is 412 g/mol. The van der Waals surface area contributed by atoms with Crippen molar-refractivity contribution in [1.82, 2.24) is 10.9 Å². The summed E-state index contributed by atoms with van der Waals surface area (Å²) in [5.74, 6) is -1.65. The second-order valence-electron chi connectivity index (χ2n) is 4.99. The number of rotatable bonds is 4. The number of hydrazine groups is 1. The van der Waals surface area contributed by atoms with Gasteiger partial charge in [0, 0.05) is 12.2 Å². The molecule has 0 bridgehead atoms. The lowest BCUT2D eigenvalue weighted by Gasteiger charge is -2.02. The molecule has 0 unspecified atom stereocenters. The number of nitrogens with one attached hydrogen (secondary N) is 2. The van der Waals surface area contributed by atoms with Crippen molar-refractivity contribution in [3.05, 3.63) is 80.6 Å². The molecule has 134 valence electrons. The summed E-state index contributed by atoms with van der Waals surface area (Å²) in [6, 6.07) is 8.92. The summed E-state index contributed by atoms with van der Waals surface area (Å²) in [6.07, 6.45) is 5.34. The van der Waals surface area contributed by atoms with E-state index in [2.05, 4.69) is 10.9 Å². The molecule has 0 saturated heterocycles. The molecule has 0 fully saturated rings. The average Bonchev–Trinajstić information content (AvgIpc) is 2.62. The highest BCUT2D eigenvalue weighted by molar-refractivity contribution is 6.42. The van der Waals surface area contributed by atoms with Gasteiger partial charge in [0.05, 0.1) is 15.1 Å². The molecule has 2 N–H and O–H groups in total. The van der Waals surface area contributed by atoms with E-state index in [0.717, 1.165) is 0 Å². The van der Waals surface area contributed by atoms with Gasteiger partial charge in [0.1, 0.15) is 5.82 Å². The van der Waals surface area contributed by atoms with E-state index in [0.29, 0.717) is 21.2 Å². The molecule has 0 spiro atoms. The molecular formula is C18H12Cl3FN2O2. The molecule has 0 radical (unpaired) electrons. The summed E-state index contributed by atoms with van der Waals surface area (Å²) >= 11 is 17.3. The van der Waals surface area contributed by atoms with Gasteiger partial charge in [0.2, 0.25) is 0 Å². The second-order valence-corrected chi connectivity index (χ2v) is 6.21. The van der Waals surface area contributed by atoms with Crippen molar-refractivity contribution in [2.24, 2.45) is 0 Å². The molecule has 0 aliphatic carbocycles. The average molecular weight is 414 g/mol. The van der Waals surface area contributed by atoms with E-state index in [1.165, 1.54) is 42.5 Å². The van der Waals surface area contributed by atoms with Crippen molar-refractivity contribution >= 4 is 58.8 Å². The highest BCUT2D eigenvalue weighted by atomic mass is 35.5. The van der Waals surface area contributed by atoms with E-state index in [9.17, 15) is 14.0 Å². The van der Waals surface area contributed by atoms with Crippen LogP contribution in [0.3, 0.4) is 0 Å². The molecular weight excluding hydrogens is 402 g/mol. The number of carbonyl (C=O) groups is 2. The molecule has 0 saturated carbocycles. The predicted molar refractivity (Wildman–Crippen MR) is 102 cm³/mol. The lowest BCUT2D eigenvalue weighted by atomic mass is 10.2. The van der Waals surface area contributed by atoms with Gasteiger partial charge in [-0.3, -0.25) is 20.4 Å². The van der Waals surface area contributed by atoms with Crippen LogP contribution in [0.1, 0.15) is 11.1 Å². The summed E-state index contributed by atoms with van der Waals surface area (Å²) in [7, 11) is 0. The minimum atomic E-state index is -0.568. The fourth-order valence-corrected chi connectivity index (χ4v) is 2.28. The van der Waals surface area contributed by atoms with Crippen molar-refractivity contribution < 1.29 is 14.0 Å². The Kier molecular flexibility index (Phi) is 7.21. The smallest absolute Gasteiger partial charge is 0.262 e. The molecule has 4 nitrogen and oxygen atoms in total. The van der Waals surface area contributed by atoms with Crippen LogP contribution in [0.4, 0.5) is 4.39 Å². The Balaban J connectivity index is 1.85. The largest absolute Gasteiger partial charge is 0.268 e. The zero-order chi connectivity index (χ0) is 19.1. The first-order valence-electron chi connectivity index (χ1n) is 7.21. The molecule has 0 heterocycles. The molecule has 8 heteroatoms. The number of amides is 2. The van der Waals surface area contributed by atoms with Gasteiger partial charge in [-0.1, -0.05) is 46.9 Å². The lowest BCUT2D eigenvalue weighted by Crippen LogP contribution is -2.39. The number of carbonyl (C=O) groups excluding carboxylic acids is 2. The minimum Gasteiger partial charge on any atom is -0.268 e. The third-order valence-corrected chi connectivity index (χ3v) is 4.08. The number of halogens is 4. The Bertz CT molecular complexity index is 825. The first-order chi connectivity index (χ1) is 12.3. The van der Waals surface area contributed by atoms with Gasteiger partial charge < -0.3 is 0 Å². The minimum absolute atomic E-state index is 0.0479. The van der Waals surface area contributed by atoms with Gasteiger partial charge in [-0.15, -0.1) is 0 Å². The van der Waals surface area contributed by atoms with E-state index < -0.39 is 17.6 Å². The maximum Gasteiger partial charge on any atom is 0.262 e. The lowest BCUT2D eigenvalue weighted by molar-refractivity contribution is -0.123. The van der Waals surface area contributed by atoms with Crippen LogP contribution in [0, 0.1) is 5.82 Å². The molecule has 2 aromatic rings. The van der Waals surface area contributed by atoms with E-state index in [1.807, 2.05) is 0 Å². The van der Waals surface area contributed by atoms with Crippen molar-refractivity contribution in [3.63, 3.8) is 0 Å². The number of hydrogen-bond donors (Lipinski definition) is 2. The standard InChI is InChI=1S/C18H12Cl3FN2O2/c19-13-5-1-11(9-14(13)20)3-7-17(25)23-24-18(26)8-4-12-2-6-16(22)15(21)10-12/h1-10H,(H,23,25)(H,24,26)/b7-3+,8-4+. The second kappa shape index (κ2) is 9.38. The molecule has 2 rings (SSSR count). The zero-order valence-electron chi connectivity index (χ0n) is 13.1. The molecule has 0 aliphatic heterocycles. The van der Waals surface area contributed by atoms with Crippen molar-refractivity contribution in [1.29, 1.82) is 0 Å². The fraction of sp³-hybridized carbons (Fsp3) is 0. The summed E-state index contributed by atoms with van der Waals surface area (Å²) in [6.45, 7) is 0. The van der Waals surface area contributed by atoms with Gasteiger partial charge in [-0.2, -0.15) is 0 Å². The van der Waals surface area contributed by atoms with E-state index in [1.54, 1.807) is 18.2 Å². The molecule has 0 aromatic heterocycles.